The third-order valence-electron chi connectivity index (χ3n) is 2.74. The quantitative estimate of drug-likeness (QED) is 0.738. The number of anilines is 1. The molecule has 3 heteroatoms. The monoisotopic (exact) mass is 206 g/mol. The van der Waals surface area contributed by atoms with Crippen molar-refractivity contribution >= 4 is 5.69 Å². The van der Waals surface area contributed by atoms with Crippen LogP contribution in [0.25, 0.3) is 0 Å². The Morgan fingerprint density at radius 2 is 2.40 bits per heavy atom. The van der Waals surface area contributed by atoms with E-state index in [2.05, 4.69) is 18.3 Å². The molecule has 0 fully saturated rings. The maximum Gasteiger partial charge on any atom is 0.125 e. The SMILES string of the molecule is CCNCC1CCc2ccc(N)cc2O1. The first-order valence-electron chi connectivity index (χ1n) is 5.55. The van der Waals surface area contributed by atoms with Crippen molar-refractivity contribution in [1.29, 1.82) is 0 Å². The van der Waals surface area contributed by atoms with Gasteiger partial charge in [0.1, 0.15) is 11.9 Å². The summed E-state index contributed by atoms with van der Waals surface area (Å²) in [5.41, 5.74) is 7.78. The summed E-state index contributed by atoms with van der Waals surface area (Å²) in [6, 6.07) is 5.92. The van der Waals surface area contributed by atoms with Crippen LogP contribution in [0.4, 0.5) is 5.69 Å². The smallest absolute Gasteiger partial charge is 0.125 e. The third kappa shape index (κ3) is 2.42. The molecule has 3 N–H and O–H groups in total. The molecule has 3 nitrogen and oxygen atoms in total. The molecule has 1 unspecified atom stereocenters. The van der Waals surface area contributed by atoms with Crippen LogP contribution in [-0.4, -0.2) is 19.2 Å². The van der Waals surface area contributed by atoms with Crippen molar-refractivity contribution < 1.29 is 4.74 Å². The molecule has 1 heterocycles. The molecule has 1 aromatic rings. The molecule has 0 amide bonds. The van der Waals surface area contributed by atoms with Gasteiger partial charge in [-0.2, -0.15) is 0 Å². The van der Waals surface area contributed by atoms with Gasteiger partial charge in [-0.05, 0) is 31.0 Å². The number of hydrogen-bond acceptors (Lipinski definition) is 3. The number of nitrogen functional groups attached to an aromatic ring is 1. The number of fused-ring (bicyclic) bond motifs is 1. The minimum absolute atomic E-state index is 0.291. The lowest BCUT2D eigenvalue weighted by molar-refractivity contribution is 0.171. The Labute approximate surface area is 90.6 Å². The minimum atomic E-state index is 0.291. The number of hydrogen-bond donors (Lipinski definition) is 2. The zero-order valence-electron chi connectivity index (χ0n) is 9.12. The average Bonchev–Trinajstić information content (AvgIpc) is 2.25. The molecule has 0 radical (unpaired) electrons. The van der Waals surface area contributed by atoms with Crippen molar-refractivity contribution in [2.75, 3.05) is 18.8 Å². The van der Waals surface area contributed by atoms with Gasteiger partial charge in [0.25, 0.3) is 0 Å². The van der Waals surface area contributed by atoms with Gasteiger partial charge in [0.05, 0.1) is 0 Å². The van der Waals surface area contributed by atoms with Crippen molar-refractivity contribution in [3.05, 3.63) is 23.8 Å². The van der Waals surface area contributed by atoms with E-state index in [9.17, 15) is 0 Å². The van der Waals surface area contributed by atoms with Crippen LogP contribution in [0.2, 0.25) is 0 Å². The highest BCUT2D eigenvalue weighted by Gasteiger charge is 2.18. The normalized spacial score (nSPS) is 19.4. The standard InChI is InChI=1S/C12H18N2O/c1-2-14-8-11-6-4-9-3-5-10(13)7-12(9)15-11/h3,5,7,11,14H,2,4,6,8,13H2,1H3. The second-order valence-electron chi connectivity index (χ2n) is 3.95. The van der Waals surface area contributed by atoms with Gasteiger partial charge in [0.2, 0.25) is 0 Å². The summed E-state index contributed by atoms with van der Waals surface area (Å²) in [6.45, 7) is 4.02. The van der Waals surface area contributed by atoms with E-state index in [1.54, 1.807) is 0 Å². The lowest BCUT2D eigenvalue weighted by Gasteiger charge is -2.26. The van der Waals surface area contributed by atoms with E-state index in [1.807, 2.05) is 12.1 Å². The van der Waals surface area contributed by atoms with Gasteiger partial charge in [-0.15, -0.1) is 0 Å². The topological polar surface area (TPSA) is 47.3 Å². The van der Waals surface area contributed by atoms with E-state index in [1.165, 1.54) is 5.56 Å². The largest absolute Gasteiger partial charge is 0.489 e. The van der Waals surface area contributed by atoms with Crippen molar-refractivity contribution in [2.45, 2.75) is 25.9 Å². The van der Waals surface area contributed by atoms with Gasteiger partial charge in [0.15, 0.2) is 0 Å². The van der Waals surface area contributed by atoms with Gasteiger partial charge < -0.3 is 15.8 Å². The fourth-order valence-electron chi connectivity index (χ4n) is 1.89. The Morgan fingerprint density at radius 1 is 1.53 bits per heavy atom. The van der Waals surface area contributed by atoms with Crippen LogP contribution in [0.3, 0.4) is 0 Å². The highest BCUT2D eigenvalue weighted by Crippen LogP contribution is 2.29. The van der Waals surface area contributed by atoms with E-state index >= 15 is 0 Å². The molecule has 0 aromatic heterocycles. The van der Waals surface area contributed by atoms with Crippen LogP contribution >= 0.6 is 0 Å². The highest BCUT2D eigenvalue weighted by atomic mass is 16.5. The predicted molar refractivity (Wildman–Crippen MR) is 62.1 cm³/mol. The van der Waals surface area contributed by atoms with Crippen LogP contribution in [0, 0.1) is 0 Å². The average molecular weight is 206 g/mol. The molecule has 0 saturated heterocycles. The summed E-state index contributed by atoms with van der Waals surface area (Å²) in [4.78, 5) is 0. The maximum atomic E-state index is 5.87. The maximum absolute atomic E-state index is 5.87. The Morgan fingerprint density at radius 3 is 3.20 bits per heavy atom. The molecule has 82 valence electrons. The zero-order valence-corrected chi connectivity index (χ0v) is 9.12. The van der Waals surface area contributed by atoms with Crippen molar-refractivity contribution in [3.8, 4) is 5.75 Å². The number of ether oxygens (including phenoxy) is 1. The molecular weight excluding hydrogens is 188 g/mol. The van der Waals surface area contributed by atoms with E-state index in [0.29, 0.717) is 6.10 Å². The van der Waals surface area contributed by atoms with Crippen LogP contribution in [0.15, 0.2) is 18.2 Å². The Bertz CT molecular complexity index is 338. The summed E-state index contributed by atoms with van der Waals surface area (Å²) >= 11 is 0. The molecule has 1 atom stereocenters. The number of aryl methyl sites for hydroxylation is 1. The van der Waals surface area contributed by atoms with E-state index in [4.69, 9.17) is 10.5 Å². The molecule has 1 aliphatic heterocycles. The van der Waals surface area contributed by atoms with Gasteiger partial charge >= 0.3 is 0 Å². The first-order chi connectivity index (χ1) is 7.29. The number of nitrogens with one attached hydrogen (secondary N) is 1. The molecule has 1 aromatic carbocycles. The van der Waals surface area contributed by atoms with Crippen LogP contribution in [-0.2, 0) is 6.42 Å². The Balaban J connectivity index is 2.05. The van der Waals surface area contributed by atoms with Crippen LogP contribution < -0.4 is 15.8 Å². The number of nitrogens with two attached hydrogens (primary N) is 1. The van der Waals surface area contributed by atoms with Gasteiger partial charge in [-0.1, -0.05) is 13.0 Å². The van der Waals surface area contributed by atoms with Gasteiger partial charge in [-0.3, -0.25) is 0 Å². The summed E-state index contributed by atoms with van der Waals surface area (Å²) in [5, 5.41) is 3.31. The molecule has 1 aliphatic rings. The third-order valence-corrected chi connectivity index (χ3v) is 2.74. The Kier molecular flexibility index (Phi) is 3.11. The van der Waals surface area contributed by atoms with Crippen molar-refractivity contribution in [2.24, 2.45) is 0 Å². The van der Waals surface area contributed by atoms with Gasteiger partial charge in [0, 0.05) is 18.3 Å². The summed E-state index contributed by atoms with van der Waals surface area (Å²) < 4.78 is 5.87. The molecule has 0 bridgehead atoms. The minimum Gasteiger partial charge on any atom is -0.489 e. The highest BCUT2D eigenvalue weighted by molar-refractivity contribution is 5.49. The summed E-state index contributed by atoms with van der Waals surface area (Å²) in [6.07, 6.45) is 2.47. The first-order valence-corrected chi connectivity index (χ1v) is 5.55. The second-order valence-corrected chi connectivity index (χ2v) is 3.95. The van der Waals surface area contributed by atoms with Gasteiger partial charge in [-0.25, -0.2) is 0 Å². The van der Waals surface area contributed by atoms with Crippen LogP contribution in [0.1, 0.15) is 18.9 Å². The van der Waals surface area contributed by atoms with Crippen molar-refractivity contribution in [3.63, 3.8) is 0 Å². The molecule has 0 aliphatic carbocycles. The lowest BCUT2D eigenvalue weighted by atomic mass is 10.0. The lowest BCUT2D eigenvalue weighted by Crippen LogP contribution is -2.34. The van der Waals surface area contributed by atoms with E-state index in [-0.39, 0.29) is 0 Å². The Hall–Kier alpha value is -1.22. The molecular formula is C12H18N2O. The number of rotatable bonds is 3. The number of likely N-dealkylation sites (N-methyl/N-ethyl adjacent to an activating group) is 1. The molecule has 15 heavy (non-hydrogen) atoms. The zero-order chi connectivity index (χ0) is 10.7. The fraction of sp³-hybridized carbons (Fsp3) is 0.500. The summed E-state index contributed by atoms with van der Waals surface area (Å²) in [5.74, 6) is 0.962. The van der Waals surface area contributed by atoms with Crippen LogP contribution in [0.5, 0.6) is 5.75 Å². The van der Waals surface area contributed by atoms with Crippen molar-refractivity contribution in [1.82, 2.24) is 5.32 Å². The molecule has 2 rings (SSSR count). The molecule has 0 spiro atoms. The molecule has 0 saturated carbocycles. The summed E-state index contributed by atoms with van der Waals surface area (Å²) in [7, 11) is 0. The van der Waals surface area contributed by atoms with E-state index in [0.717, 1.165) is 37.4 Å². The fourth-order valence-corrected chi connectivity index (χ4v) is 1.89. The van der Waals surface area contributed by atoms with E-state index < -0.39 is 0 Å². The second kappa shape index (κ2) is 4.53. The first kappa shape index (κ1) is 10.3. The number of benzene rings is 1. The predicted octanol–water partition coefficient (Wildman–Crippen LogP) is 1.57.